The second-order valence-corrected chi connectivity index (χ2v) is 7.14. The van der Waals surface area contributed by atoms with Gasteiger partial charge in [-0.15, -0.1) is 0 Å². The number of likely N-dealkylation sites (tertiary alicyclic amines) is 1. The van der Waals surface area contributed by atoms with E-state index in [0.29, 0.717) is 11.7 Å². The predicted molar refractivity (Wildman–Crippen MR) is 97.8 cm³/mol. The number of fused-ring (bicyclic) bond motifs is 1. The number of benzene rings is 1. The maximum Gasteiger partial charge on any atom is 0.271 e. The molecule has 1 aliphatic carbocycles. The van der Waals surface area contributed by atoms with Crippen molar-refractivity contribution in [1.82, 2.24) is 20.0 Å². The summed E-state index contributed by atoms with van der Waals surface area (Å²) in [5, 5.41) is 7.47. The summed E-state index contributed by atoms with van der Waals surface area (Å²) in [4.78, 5) is 15.0. The second-order valence-electron chi connectivity index (χ2n) is 7.14. The molecule has 1 N–H and O–H groups in total. The SMILES string of the molecule is CNC(=O)c1nn(Cc2ccccc2)c2c1C[C@H](N1CCCC1)CC2. The van der Waals surface area contributed by atoms with Gasteiger partial charge in [0.15, 0.2) is 5.69 Å². The van der Waals surface area contributed by atoms with E-state index in [1.54, 1.807) is 7.05 Å². The van der Waals surface area contributed by atoms with Crippen molar-refractivity contribution in [2.45, 2.75) is 44.7 Å². The Hall–Kier alpha value is -2.14. The fourth-order valence-electron chi connectivity index (χ4n) is 4.28. The zero-order valence-electron chi connectivity index (χ0n) is 14.9. The summed E-state index contributed by atoms with van der Waals surface area (Å²) in [5.74, 6) is -0.0647. The Bertz CT molecular complexity index is 747. The van der Waals surface area contributed by atoms with Gasteiger partial charge < -0.3 is 10.2 Å². The molecular weight excluding hydrogens is 312 g/mol. The molecule has 2 heterocycles. The minimum Gasteiger partial charge on any atom is -0.354 e. The standard InChI is InChI=1S/C20H26N4O/c1-21-20(25)19-17-13-16(23-11-5-6-12-23)9-10-18(17)24(22-19)14-15-7-3-2-4-8-15/h2-4,7-8,16H,5-6,9-14H2,1H3,(H,21,25)/t16-/m1/s1. The first-order chi connectivity index (χ1) is 12.3. The van der Waals surface area contributed by atoms with Crippen molar-refractivity contribution in [3.63, 3.8) is 0 Å². The molecule has 5 nitrogen and oxygen atoms in total. The summed E-state index contributed by atoms with van der Waals surface area (Å²) in [6.45, 7) is 3.13. The van der Waals surface area contributed by atoms with Crippen molar-refractivity contribution in [3.05, 3.63) is 52.8 Å². The molecule has 1 atom stereocenters. The average molecular weight is 338 g/mol. The van der Waals surface area contributed by atoms with Crippen molar-refractivity contribution in [3.8, 4) is 0 Å². The molecule has 0 bridgehead atoms. The summed E-state index contributed by atoms with van der Waals surface area (Å²) in [6, 6.07) is 10.9. The van der Waals surface area contributed by atoms with Gasteiger partial charge in [-0.3, -0.25) is 9.48 Å². The molecule has 132 valence electrons. The van der Waals surface area contributed by atoms with Crippen LogP contribution in [0.25, 0.3) is 0 Å². The lowest BCUT2D eigenvalue weighted by Crippen LogP contribution is -2.38. The summed E-state index contributed by atoms with van der Waals surface area (Å²) in [5.41, 5.74) is 4.26. The zero-order chi connectivity index (χ0) is 17.2. The third kappa shape index (κ3) is 3.21. The van der Waals surface area contributed by atoms with Crippen LogP contribution in [0.2, 0.25) is 0 Å². The minimum absolute atomic E-state index is 0.0647. The highest BCUT2D eigenvalue weighted by molar-refractivity contribution is 5.93. The van der Waals surface area contributed by atoms with Gasteiger partial charge in [-0.05, 0) is 50.8 Å². The van der Waals surface area contributed by atoms with Gasteiger partial charge in [-0.2, -0.15) is 5.10 Å². The van der Waals surface area contributed by atoms with Crippen LogP contribution in [-0.2, 0) is 19.4 Å². The summed E-state index contributed by atoms with van der Waals surface area (Å²) in [7, 11) is 1.69. The van der Waals surface area contributed by atoms with E-state index in [1.807, 2.05) is 18.2 Å². The number of carbonyl (C=O) groups is 1. The van der Waals surface area contributed by atoms with Crippen LogP contribution in [0.4, 0.5) is 0 Å². The number of hydrogen-bond donors (Lipinski definition) is 1. The molecule has 1 aromatic carbocycles. The van der Waals surface area contributed by atoms with Crippen LogP contribution in [0.3, 0.4) is 0 Å². The van der Waals surface area contributed by atoms with Crippen LogP contribution in [0, 0.1) is 0 Å². The van der Waals surface area contributed by atoms with Crippen molar-refractivity contribution < 1.29 is 4.79 Å². The van der Waals surface area contributed by atoms with E-state index in [2.05, 4.69) is 27.0 Å². The first kappa shape index (κ1) is 16.3. The lowest BCUT2D eigenvalue weighted by atomic mass is 9.90. The number of nitrogens with one attached hydrogen (secondary N) is 1. The molecule has 0 unspecified atom stereocenters. The molecule has 5 heteroatoms. The topological polar surface area (TPSA) is 50.2 Å². The number of aromatic nitrogens is 2. The van der Waals surface area contributed by atoms with Gasteiger partial charge >= 0.3 is 0 Å². The summed E-state index contributed by atoms with van der Waals surface area (Å²) in [6.07, 6.45) is 5.73. The van der Waals surface area contributed by atoms with Gasteiger partial charge in [0.25, 0.3) is 5.91 Å². The number of hydrogen-bond acceptors (Lipinski definition) is 3. The van der Waals surface area contributed by atoms with E-state index >= 15 is 0 Å². The van der Waals surface area contributed by atoms with Crippen molar-refractivity contribution in [1.29, 1.82) is 0 Å². The largest absolute Gasteiger partial charge is 0.354 e. The molecule has 2 aliphatic rings. The Morgan fingerprint density at radius 1 is 1.24 bits per heavy atom. The van der Waals surface area contributed by atoms with Crippen LogP contribution >= 0.6 is 0 Å². The van der Waals surface area contributed by atoms with Crippen LogP contribution in [0.5, 0.6) is 0 Å². The fourth-order valence-corrected chi connectivity index (χ4v) is 4.28. The first-order valence-electron chi connectivity index (χ1n) is 9.35. The molecule has 1 fully saturated rings. The molecular formula is C20H26N4O. The molecule has 1 amide bonds. The third-order valence-electron chi connectivity index (χ3n) is 5.59. The summed E-state index contributed by atoms with van der Waals surface area (Å²) >= 11 is 0. The highest BCUT2D eigenvalue weighted by Gasteiger charge is 2.32. The Morgan fingerprint density at radius 3 is 2.72 bits per heavy atom. The fraction of sp³-hybridized carbons (Fsp3) is 0.500. The van der Waals surface area contributed by atoms with Gasteiger partial charge in [-0.1, -0.05) is 30.3 Å². The lowest BCUT2D eigenvalue weighted by molar-refractivity contribution is 0.0955. The molecule has 0 radical (unpaired) electrons. The van der Waals surface area contributed by atoms with Gasteiger partial charge in [-0.25, -0.2) is 0 Å². The number of rotatable bonds is 4. The highest BCUT2D eigenvalue weighted by Crippen LogP contribution is 2.29. The smallest absolute Gasteiger partial charge is 0.271 e. The first-order valence-corrected chi connectivity index (χ1v) is 9.35. The molecule has 1 aliphatic heterocycles. The van der Waals surface area contributed by atoms with Gasteiger partial charge in [0.1, 0.15) is 0 Å². The Balaban J connectivity index is 1.65. The highest BCUT2D eigenvalue weighted by atomic mass is 16.1. The Kier molecular flexibility index (Phi) is 4.57. The maximum atomic E-state index is 12.4. The molecule has 1 aromatic heterocycles. The quantitative estimate of drug-likeness (QED) is 0.930. The molecule has 1 saturated heterocycles. The van der Waals surface area contributed by atoms with Gasteiger partial charge in [0.2, 0.25) is 0 Å². The van der Waals surface area contributed by atoms with Crippen LogP contribution < -0.4 is 5.32 Å². The minimum atomic E-state index is -0.0647. The molecule has 0 saturated carbocycles. The van der Waals surface area contributed by atoms with Crippen LogP contribution in [0.1, 0.15) is 46.6 Å². The summed E-state index contributed by atoms with van der Waals surface area (Å²) < 4.78 is 2.05. The van der Waals surface area contributed by atoms with E-state index in [-0.39, 0.29) is 5.91 Å². The maximum absolute atomic E-state index is 12.4. The number of nitrogens with zero attached hydrogens (tertiary/aromatic N) is 3. The van der Waals surface area contributed by atoms with E-state index in [0.717, 1.165) is 19.4 Å². The predicted octanol–water partition coefficient (Wildman–Crippen LogP) is 2.24. The van der Waals surface area contributed by atoms with E-state index in [9.17, 15) is 4.79 Å². The Labute approximate surface area is 149 Å². The lowest BCUT2D eigenvalue weighted by Gasteiger charge is -2.31. The van der Waals surface area contributed by atoms with E-state index < -0.39 is 0 Å². The molecule has 2 aromatic rings. The normalized spacial score (nSPS) is 20.4. The van der Waals surface area contributed by atoms with Gasteiger partial charge in [0, 0.05) is 24.3 Å². The van der Waals surface area contributed by atoms with E-state index in [1.165, 1.54) is 49.2 Å². The average Bonchev–Trinajstić information content (AvgIpc) is 3.30. The monoisotopic (exact) mass is 338 g/mol. The molecule has 25 heavy (non-hydrogen) atoms. The number of carbonyl (C=O) groups excluding carboxylic acids is 1. The number of amides is 1. The zero-order valence-corrected chi connectivity index (χ0v) is 14.9. The van der Waals surface area contributed by atoms with Crippen LogP contribution in [0.15, 0.2) is 30.3 Å². The third-order valence-corrected chi connectivity index (χ3v) is 5.59. The van der Waals surface area contributed by atoms with E-state index in [4.69, 9.17) is 5.10 Å². The molecule has 0 spiro atoms. The second kappa shape index (κ2) is 7.00. The molecule has 4 rings (SSSR count). The van der Waals surface area contributed by atoms with Crippen molar-refractivity contribution in [2.24, 2.45) is 0 Å². The van der Waals surface area contributed by atoms with Crippen LogP contribution in [-0.4, -0.2) is 46.8 Å². The van der Waals surface area contributed by atoms with Crippen molar-refractivity contribution >= 4 is 5.91 Å². The van der Waals surface area contributed by atoms with Gasteiger partial charge in [0.05, 0.1) is 6.54 Å². The van der Waals surface area contributed by atoms with Crippen molar-refractivity contribution in [2.75, 3.05) is 20.1 Å². The Morgan fingerprint density at radius 2 is 2.00 bits per heavy atom.